The number of hydrogen-bond donors (Lipinski definition) is 3. The van der Waals surface area contributed by atoms with Crippen molar-refractivity contribution < 1.29 is 33.2 Å². The van der Waals surface area contributed by atoms with Gasteiger partial charge in [-0.05, 0) is 0 Å². The molecule has 104 valence electrons. The molecule has 0 radical (unpaired) electrons. The number of likely N-dealkylation sites (N-methyl/N-ethyl adjacent to an activating group) is 1. The first kappa shape index (κ1) is 16.9. The lowest BCUT2D eigenvalue weighted by Crippen LogP contribution is -2.46. The van der Waals surface area contributed by atoms with Crippen LogP contribution in [0.4, 0.5) is 0 Å². The van der Waals surface area contributed by atoms with Crippen molar-refractivity contribution in [1.82, 2.24) is 0 Å². The summed E-state index contributed by atoms with van der Waals surface area (Å²) in [5.41, 5.74) is 5.48. The fourth-order valence-electron chi connectivity index (χ4n) is 0.999. The minimum absolute atomic E-state index is 0.276. The Kier molecular flexibility index (Phi) is 6.75. The van der Waals surface area contributed by atoms with Crippen molar-refractivity contribution in [3.05, 3.63) is 0 Å². The van der Waals surface area contributed by atoms with E-state index in [1.54, 1.807) is 0 Å². The number of nitrogens with zero attached hydrogens (tertiary/aromatic N) is 1. The molecule has 0 heterocycles. The van der Waals surface area contributed by atoms with Crippen LogP contribution in [0.1, 0.15) is 0 Å². The second-order valence-corrected chi connectivity index (χ2v) is 6.06. The van der Waals surface area contributed by atoms with Gasteiger partial charge >= 0.3 is 0 Å². The molecule has 0 rings (SSSR count). The molecule has 0 aromatic heterocycles. The first-order chi connectivity index (χ1) is 7.56. The number of aliphatic hydroxyl groups is 2. The minimum Gasteiger partial charge on any atom is -0.756 e. The maximum atomic E-state index is 11.3. The topological polar surface area (TPSA) is 125 Å². The molecule has 9 heteroatoms. The summed E-state index contributed by atoms with van der Waals surface area (Å²) < 4.78 is 20.6. The Bertz CT molecular complexity index is 269. The molecule has 0 saturated heterocycles. The van der Waals surface area contributed by atoms with Gasteiger partial charge in [0.15, 0.2) is 6.23 Å². The van der Waals surface area contributed by atoms with Crippen LogP contribution in [0.2, 0.25) is 0 Å². The maximum Gasteiger partial charge on any atom is 0.269 e. The van der Waals surface area contributed by atoms with E-state index >= 15 is 0 Å². The van der Waals surface area contributed by atoms with Crippen LogP contribution in [0.25, 0.3) is 0 Å². The van der Waals surface area contributed by atoms with Crippen molar-refractivity contribution in [3.63, 3.8) is 0 Å². The molecule has 0 aliphatic heterocycles. The second kappa shape index (κ2) is 6.77. The molecule has 17 heavy (non-hydrogen) atoms. The van der Waals surface area contributed by atoms with Gasteiger partial charge in [0, 0.05) is 0 Å². The second-order valence-electron chi connectivity index (χ2n) is 4.70. The van der Waals surface area contributed by atoms with Gasteiger partial charge in [-0.25, -0.2) is 0 Å². The molecule has 0 aromatic carbocycles. The molecule has 0 amide bonds. The number of rotatable bonds is 8. The van der Waals surface area contributed by atoms with Crippen molar-refractivity contribution in [2.24, 2.45) is 5.73 Å². The van der Waals surface area contributed by atoms with E-state index in [1.807, 2.05) is 21.1 Å². The molecule has 0 aliphatic carbocycles. The quantitative estimate of drug-likeness (QED) is 0.261. The Hall–Kier alpha value is -0.0500. The normalized spacial score (nSPS) is 19.7. The highest BCUT2D eigenvalue weighted by molar-refractivity contribution is 7.45. The summed E-state index contributed by atoms with van der Waals surface area (Å²) >= 11 is 0. The highest BCUT2D eigenvalue weighted by Gasteiger charge is 2.21. The molecule has 0 saturated carbocycles. The molecular formula is C8H21N2O6P. The summed E-state index contributed by atoms with van der Waals surface area (Å²) in [7, 11) is 0.928. The van der Waals surface area contributed by atoms with Gasteiger partial charge in [0.25, 0.3) is 7.82 Å². The third-order valence-corrected chi connectivity index (χ3v) is 2.62. The lowest BCUT2D eigenvalue weighted by atomic mass is 10.4. The van der Waals surface area contributed by atoms with Crippen LogP contribution < -0.4 is 10.6 Å². The van der Waals surface area contributed by atoms with E-state index in [1.165, 1.54) is 0 Å². The molecule has 0 spiro atoms. The Morgan fingerprint density at radius 1 is 1.47 bits per heavy atom. The molecule has 3 atom stereocenters. The molecule has 8 nitrogen and oxygen atoms in total. The largest absolute Gasteiger partial charge is 0.756 e. The van der Waals surface area contributed by atoms with Crippen LogP contribution >= 0.6 is 7.82 Å². The lowest BCUT2D eigenvalue weighted by molar-refractivity contribution is -0.873. The zero-order chi connectivity index (χ0) is 13.7. The Balaban J connectivity index is 4.12. The van der Waals surface area contributed by atoms with E-state index in [4.69, 9.17) is 15.9 Å². The Labute approximate surface area is 101 Å². The van der Waals surface area contributed by atoms with Gasteiger partial charge < -0.3 is 29.8 Å². The summed E-state index contributed by atoms with van der Waals surface area (Å²) in [4.78, 5) is 11.3. The molecule has 0 fully saturated rings. The van der Waals surface area contributed by atoms with Gasteiger partial charge in [-0.2, -0.15) is 0 Å². The van der Waals surface area contributed by atoms with Crippen LogP contribution in [0.5, 0.6) is 0 Å². The predicted molar refractivity (Wildman–Crippen MR) is 58.6 cm³/mol. The smallest absolute Gasteiger partial charge is 0.269 e. The van der Waals surface area contributed by atoms with E-state index in [0.717, 1.165) is 0 Å². The van der Waals surface area contributed by atoms with E-state index < -0.39 is 33.4 Å². The van der Waals surface area contributed by atoms with Crippen LogP contribution in [0.3, 0.4) is 0 Å². The van der Waals surface area contributed by atoms with E-state index in [2.05, 4.69) is 9.05 Å². The van der Waals surface area contributed by atoms with Gasteiger partial charge in [0.2, 0.25) is 0 Å². The summed E-state index contributed by atoms with van der Waals surface area (Å²) in [6, 6.07) is 0. The first-order valence-electron chi connectivity index (χ1n) is 5.05. The van der Waals surface area contributed by atoms with Gasteiger partial charge in [0.05, 0.1) is 34.4 Å². The predicted octanol–water partition coefficient (Wildman–Crippen LogP) is -2.17. The SMILES string of the molecule is C[N+](C)(C)CC(N)OP(=O)([O-])OC[C@H](O)CO. The van der Waals surface area contributed by atoms with Crippen LogP contribution in [0, 0.1) is 0 Å². The maximum absolute atomic E-state index is 11.3. The number of quaternary nitrogens is 1. The summed E-state index contributed by atoms with van der Waals surface area (Å²) in [6.07, 6.45) is -2.29. The Morgan fingerprint density at radius 3 is 2.41 bits per heavy atom. The monoisotopic (exact) mass is 272 g/mol. The molecule has 0 bridgehead atoms. The van der Waals surface area contributed by atoms with Gasteiger partial charge in [-0.3, -0.25) is 9.09 Å². The van der Waals surface area contributed by atoms with E-state index in [0.29, 0.717) is 4.48 Å². The number of phosphoric acid groups is 1. The van der Waals surface area contributed by atoms with E-state index in [9.17, 15) is 9.46 Å². The van der Waals surface area contributed by atoms with Crippen molar-refractivity contribution in [3.8, 4) is 0 Å². The first-order valence-corrected chi connectivity index (χ1v) is 6.51. The number of phosphoric ester groups is 1. The number of hydrogen-bond acceptors (Lipinski definition) is 7. The van der Waals surface area contributed by atoms with E-state index in [-0.39, 0.29) is 6.54 Å². The van der Waals surface area contributed by atoms with Crippen LogP contribution in [-0.2, 0) is 13.6 Å². The molecule has 4 N–H and O–H groups in total. The fourth-order valence-corrected chi connectivity index (χ4v) is 1.81. The third kappa shape index (κ3) is 9.63. The average molecular weight is 272 g/mol. The standard InChI is InChI=1S/C8H21N2O6P/c1-10(2,3)4-8(9)16-17(13,14)15-6-7(12)5-11/h7-8,11-12H,4-6,9H2,1-3H3/t7-,8?/m1/s1. The van der Waals surface area contributed by atoms with Crippen molar-refractivity contribution >= 4 is 7.82 Å². The van der Waals surface area contributed by atoms with Gasteiger partial charge in [-0.15, -0.1) is 0 Å². The molecular weight excluding hydrogens is 251 g/mol. The third-order valence-electron chi connectivity index (χ3n) is 1.63. The zero-order valence-electron chi connectivity index (χ0n) is 10.3. The number of nitrogens with two attached hydrogens (primary N) is 1. The highest BCUT2D eigenvalue weighted by atomic mass is 31.2. The summed E-state index contributed by atoms with van der Waals surface area (Å²) in [6.45, 7) is -0.878. The van der Waals surface area contributed by atoms with Crippen molar-refractivity contribution in [1.29, 1.82) is 0 Å². The summed E-state index contributed by atoms with van der Waals surface area (Å²) in [5.74, 6) is 0. The lowest BCUT2D eigenvalue weighted by Gasteiger charge is -2.31. The fraction of sp³-hybridized carbons (Fsp3) is 1.00. The summed E-state index contributed by atoms with van der Waals surface area (Å²) in [5, 5.41) is 17.4. The van der Waals surface area contributed by atoms with Crippen LogP contribution in [-0.4, -0.2) is 67.9 Å². The molecule has 2 unspecified atom stereocenters. The molecule has 0 aliphatic rings. The average Bonchev–Trinajstić information content (AvgIpc) is 2.10. The van der Waals surface area contributed by atoms with Gasteiger partial charge in [-0.1, -0.05) is 0 Å². The van der Waals surface area contributed by atoms with Crippen molar-refractivity contribution in [2.75, 3.05) is 40.9 Å². The van der Waals surface area contributed by atoms with Crippen molar-refractivity contribution in [2.45, 2.75) is 12.3 Å². The number of aliphatic hydroxyl groups excluding tert-OH is 2. The Morgan fingerprint density at radius 2 is 2.00 bits per heavy atom. The highest BCUT2D eigenvalue weighted by Crippen LogP contribution is 2.39. The van der Waals surface area contributed by atoms with Crippen LogP contribution in [0.15, 0.2) is 0 Å². The minimum atomic E-state index is -4.56. The zero-order valence-corrected chi connectivity index (χ0v) is 11.2. The van der Waals surface area contributed by atoms with Gasteiger partial charge in [0.1, 0.15) is 12.6 Å². The molecule has 0 aromatic rings.